The van der Waals surface area contributed by atoms with Gasteiger partial charge in [0.1, 0.15) is 17.7 Å². The number of allylic oxidation sites excluding steroid dienone is 1. The third-order valence-electron chi connectivity index (χ3n) is 7.20. The number of carbonyl (C=O) groups excluding carboxylic acids is 2. The van der Waals surface area contributed by atoms with Crippen LogP contribution in [0.15, 0.2) is 36.4 Å². The Kier molecular flexibility index (Phi) is 6.50. The lowest BCUT2D eigenvalue weighted by Crippen LogP contribution is -2.55. The number of hydrogen-bond donors (Lipinski definition) is 3. The van der Waals surface area contributed by atoms with E-state index in [0.29, 0.717) is 18.0 Å². The number of thiazole rings is 1. The predicted octanol–water partition coefficient (Wildman–Crippen LogP) is 2.45. The molecule has 1 aromatic carbocycles. The Morgan fingerprint density at radius 1 is 1.26 bits per heavy atom. The van der Waals surface area contributed by atoms with Gasteiger partial charge in [0.05, 0.1) is 22.8 Å². The minimum Gasteiger partial charge on any atom is -0.479 e. The van der Waals surface area contributed by atoms with Crippen LogP contribution in [-0.4, -0.2) is 63.0 Å². The topological polar surface area (TPSA) is 135 Å². The smallest absolute Gasteiger partial charge is 0.330 e. The Hall–Kier alpha value is -2.98. The first-order valence-electron chi connectivity index (χ1n) is 12.2. The SMILES string of the molecule is N[C@H]1CCCCC/C=C\[C@@H]2C[C@@]2(C(=O)O)NC(=O)[C@@H]2C[C@@H](Oc3nc4ccccc4s3)CN2C1=O. The summed E-state index contributed by atoms with van der Waals surface area (Å²) in [6.07, 6.45) is 8.11. The van der Waals surface area contributed by atoms with Crippen molar-refractivity contribution in [1.82, 2.24) is 15.2 Å². The van der Waals surface area contributed by atoms with Gasteiger partial charge in [0, 0.05) is 12.3 Å². The van der Waals surface area contributed by atoms with Crippen LogP contribution in [-0.2, 0) is 14.4 Å². The van der Waals surface area contributed by atoms with E-state index < -0.39 is 35.6 Å². The number of nitrogens with one attached hydrogen (secondary N) is 1. The highest BCUT2D eigenvalue weighted by Gasteiger charge is 2.61. The first kappa shape index (κ1) is 23.7. The van der Waals surface area contributed by atoms with Crippen molar-refractivity contribution in [1.29, 1.82) is 0 Å². The molecule has 4 N–H and O–H groups in total. The minimum absolute atomic E-state index is 0.198. The second-order valence-corrected chi connectivity index (χ2v) is 10.7. The van der Waals surface area contributed by atoms with Crippen LogP contribution in [0.25, 0.3) is 10.2 Å². The molecule has 2 aromatic rings. The van der Waals surface area contributed by atoms with Gasteiger partial charge in [0.15, 0.2) is 0 Å². The van der Waals surface area contributed by atoms with E-state index in [4.69, 9.17) is 10.5 Å². The lowest BCUT2D eigenvalue weighted by Gasteiger charge is -2.27. The molecule has 5 atom stereocenters. The fourth-order valence-electron chi connectivity index (χ4n) is 5.09. The van der Waals surface area contributed by atoms with Crippen molar-refractivity contribution in [2.45, 2.75) is 68.7 Å². The Bertz CT molecular complexity index is 1130. The number of carboxylic acids is 1. The number of carboxylic acid groups (broad SMARTS) is 1. The van der Waals surface area contributed by atoms with Crippen LogP contribution < -0.4 is 15.8 Å². The summed E-state index contributed by atoms with van der Waals surface area (Å²) in [4.78, 5) is 44.7. The molecule has 5 rings (SSSR count). The van der Waals surface area contributed by atoms with Crippen molar-refractivity contribution in [3.05, 3.63) is 36.4 Å². The molecule has 3 aliphatic rings. The number of fused-ring (bicyclic) bond motifs is 3. The molecule has 0 spiro atoms. The average Bonchev–Trinajstić information content (AvgIpc) is 3.15. The van der Waals surface area contributed by atoms with E-state index in [-0.39, 0.29) is 24.8 Å². The third kappa shape index (κ3) is 4.77. The molecule has 10 heteroatoms. The minimum atomic E-state index is -1.32. The first-order valence-corrected chi connectivity index (χ1v) is 13.0. The number of hydrogen-bond acceptors (Lipinski definition) is 7. The highest BCUT2D eigenvalue weighted by Crippen LogP contribution is 2.45. The highest BCUT2D eigenvalue weighted by atomic mass is 32.1. The molecule has 1 saturated heterocycles. The van der Waals surface area contributed by atoms with Gasteiger partial charge in [-0.2, -0.15) is 0 Å². The monoisotopic (exact) mass is 498 g/mol. The van der Waals surface area contributed by atoms with Gasteiger partial charge in [-0.1, -0.05) is 48.5 Å². The van der Waals surface area contributed by atoms with E-state index in [0.717, 1.165) is 35.9 Å². The van der Waals surface area contributed by atoms with Gasteiger partial charge in [0.25, 0.3) is 5.19 Å². The average molecular weight is 499 g/mol. The third-order valence-corrected chi connectivity index (χ3v) is 8.13. The molecule has 35 heavy (non-hydrogen) atoms. The van der Waals surface area contributed by atoms with Crippen LogP contribution in [0.3, 0.4) is 0 Å². The number of nitrogens with zero attached hydrogens (tertiary/aromatic N) is 2. The van der Waals surface area contributed by atoms with Gasteiger partial charge >= 0.3 is 5.97 Å². The number of benzene rings is 1. The number of aliphatic carboxylic acids is 1. The summed E-state index contributed by atoms with van der Waals surface area (Å²) < 4.78 is 7.10. The summed E-state index contributed by atoms with van der Waals surface area (Å²) >= 11 is 1.41. The van der Waals surface area contributed by atoms with Gasteiger partial charge in [0.2, 0.25) is 11.8 Å². The predicted molar refractivity (Wildman–Crippen MR) is 131 cm³/mol. The number of ether oxygens (including phenoxy) is 1. The number of carbonyl (C=O) groups is 3. The van der Waals surface area contributed by atoms with Gasteiger partial charge < -0.3 is 25.8 Å². The Balaban J connectivity index is 1.38. The van der Waals surface area contributed by atoms with Crippen LogP contribution in [0.4, 0.5) is 0 Å². The van der Waals surface area contributed by atoms with Crippen molar-refractivity contribution >= 4 is 39.3 Å². The van der Waals surface area contributed by atoms with E-state index in [2.05, 4.69) is 10.3 Å². The number of aromatic nitrogens is 1. The molecule has 1 saturated carbocycles. The summed E-state index contributed by atoms with van der Waals surface area (Å²) in [6, 6.07) is 6.13. The highest BCUT2D eigenvalue weighted by molar-refractivity contribution is 7.20. The molecule has 2 amide bonds. The zero-order chi connectivity index (χ0) is 24.6. The van der Waals surface area contributed by atoms with E-state index >= 15 is 0 Å². The maximum Gasteiger partial charge on any atom is 0.330 e. The van der Waals surface area contributed by atoms with E-state index in [1.54, 1.807) is 0 Å². The van der Waals surface area contributed by atoms with Gasteiger partial charge in [-0.05, 0) is 37.8 Å². The zero-order valence-corrected chi connectivity index (χ0v) is 20.2. The number of amides is 2. The number of nitrogens with two attached hydrogens (primary N) is 1. The summed E-state index contributed by atoms with van der Waals surface area (Å²) in [5.41, 5.74) is 5.74. The molecule has 9 nitrogen and oxygen atoms in total. The molecule has 2 fully saturated rings. The number of para-hydroxylation sites is 1. The second kappa shape index (κ2) is 9.58. The van der Waals surface area contributed by atoms with Crippen molar-refractivity contribution in [2.75, 3.05) is 6.54 Å². The van der Waals surface area contributed by atoms with E-state index in [1.165, 1.54) is 16.2 Å². The van der Waals surface area contributed by atoms with Crippen LogP contribution in [0, 0.1) is 5.92 Å². The molecule has 1 aliphatic carbocycles. The van der Waals surface area contributed by atoms with E-state index in [9.17, 15) is 19.5 Å². The van der Waals surface area contributed by atoms with Crippen molar-refractivity contribution in [3.63, 3.8) is 0 Å². The summed E-state index contributed by atoms with van der Waals surface area (Å²) in [7, 11) is 0. The van der Waals surface area contributed by atoms with E-state index in [1.807, 2.05) is 36.4 Å². The lowest BCUT2D eigenvalue weighted by molar-refractivity contribution is -0.145. The quantitative estimate of drug-likeness (QED) is 0.553. The maximum absolute atomic E-state index is 13.4. The molecule has 0 bridgehead atoms. The summed E-state index contributed by atoms with van der Waals surface area (Å²) in [5, 5.41) is 13.1. The normalized spacial score (nSPS) is 32.7. The fraction of sp³-hybridized carbons (Fsp3) is 0.520. The molecule has 186 valence electrons. The van der Waals surface area contributed by atoms with Gasteiger partial charge in [-0.15, -0.1) is 0 Å². The Morgan fingerprint density at radius 2 is 2.09 bits per heavy atom. The maximum atomic E-state index is 13.4. The summed E-state index contributed by atoms with van der Waals surface area (Å²) in [6.45, 7) is 0.198. The molecule has 1 aromatic heterocycles. The van der Waals surface area contributed by atoms with Crippen molar-refractivity contribution < 1.29 is 24.2 Å². The Labute approximate surface area is 207 Å². The van der Waals surface area contributed by atoms with Crippen LogP contribution in [0.5, 0.6) is 5.19 Å². The molecular weight excluding hydrogens is 468 g/mol. The van der Waals surface area contributed by atoms with Gasteiger partial charge in [-0.25, -0.2) is 9.78 Å². The lowest BCUT2D eigenvalue weighted by atomic mass is 10.1. The molecule has 2 aliphatic heterocycles. The van der Waals surface area contributed by atoms with Crippen molar-refractivity contribution in [2.24, 2.45) is 11.7 Å². The van der Waals surface area contributed by atoms with Crippen LogP contribution >= 0.6 is 11.3 Å². The molecule has 0 unspecified atom stereocenters. The van der Waals surface area contributed by atoms with Crippen molar-refractivity contribution in [3.8, 4) is 5.19 Å². The standard InChI is InChI=1S/C25H30N4O5S/c26-17-9-5-3-1-2-4-8-15-13-25(15,23(32)33)28-21(30)19-12-16(14-29(19)22(17)31)34-24-27-18-10-6-7-11-20(18)35-24/h4,6-8,10-11,15-17,19H,1-3,5,9,12-14,26H2,(H,28,30)(H,32,33)/b8-4-/t15-,16-,17+,19+,25-/m1/s1. The Morgan fingerprint density at radius 3 is 2.89 bits per heavy atom. The zero-order valence-electron chi connectivity index (χ0n) is 19.4. The number of rotatable bonds is 3. The van der Waals surface area contributed by atoms with Gasteiger partial charge in [-0.3, -0.25) is 9.59 Å². The van der Waals surface area contributed by atoms with Crippen LogP contribution in [0.2, 0.25) is 0 Å². The summed E-state index contributed by atoms with van der Waals surface area (Å²) in [5.74, 6) is -2.09. The largest absolute Gasteiger partial charge is 0.479 e. The van der Waals surface area contributed by atoms with Crippen LogP contribution in [0.1, 0.15) is 44.9 Å². The first-order chi connectivity index (χ1) is 16.9. The fourth-order valence-corrected chi connectivity index (χ4v) is 5.97. The molecule has 3 heterocycles. The molecule has 0 radical (unpaired) electrons. The molecular formula is C25H30N4O5S. The second-order valence-electron chi connectivity index (χ2n) is 9.68.